The van der Waals surface area contributed by atoms with Crippen LogP contribution in [0.1, 0.15) is 0 Å². The van der Waals surface area contributed by atoms with Gasteiger partial charge < -0.3 is 10.2 Å². The molecule has 0 bridgehead atoms. The lowest BCUT2D eigenvalue weighted by Gasteiger charge is -1.94. The van der Waals surface area contributed by atoms with Crippen molar-refractivity contribution in [1.29, 1.82) is 0 Å². The minimum absolute atomic E-state index is 1.97. The fourth-order valence-electron chi connectivity index (χ4n) is 0.221. The highest BCUT2D eigenvalue weighted by Crippen LogP contribution is 1.92. The first-order valence-corrected chi connectivity index (χ1v) is 2.11. The molecule has 1 unspecified atom stereocenters. The smallest absolute Gasteiger partial charge is 0.376 e. The van der Waals surface area contributed by atoms with Gasteiger partial charge in [-0.1, -0.05) is 0 Å². The largest absolute Gasteiger partial charge is 0.479 e. The Morgan fingerprint density at radius 3 is 1.70 bits per heavy atom. The number of carboxylic acid groups (broad SMARTS) is 2. The number of ketones is 1. The maximum Gasteiger partial charge on any atom is 0.376 e. The highest BCUT2D eigenvalue weighted by Gasteiger charge is 2.30. The summed E-state index contributed by atoms with van der Waals surface area (Å²) in [6.45, 7) is 0. The molecule has 0 aliphatic heterocycles. The quantitative estimate of drug-likeness (QED) is 0.400. The molecule has 0 spiro atoms. The molecule has 0 radical (unpaired) electrons. The third kappa shape index (κ3) is 1.81. The molecular formula is C4H3FO5. The number of carbonyl (C=O) groups is 3. The fourth-order valence-corrected chi connectivity index (χ4v) is 0.221. The molecule has 2 N–H and O–H groups in total. The van der Waals surface area contributed by atoms with Crippen molar-refractivity contribution >= 4 is 17.7 Å². The van der Waals surface area contributed by atoms with Crippen molar-refractivity contribution in [2.75, 3.05) is 0 Å². The summed E-state index contributed by atoms with van der Waals surface area (Å²) in [5.41, 5.74) is 0. The number of halogens is 1. The molecule has 0 aromatic rings. The summed E-state index contributed by atoms with van der Waals surface area (Å²) in [6.07, 6.45) is -2.96. The fraction of sp³-hybridized carbons (Fsp3) is 0.250. The van der Waals surface area contributed by atoms with E-state index in [2.05, 4.69) is 0 Å². The number of carboxylic acids is 2. The summed E-state index contributed by atoms with van der Waals surface area (Å²) >= 11 is 0. The predicted octanol–water partition coefficient (Wildman–Crippen LogP) is -0.937. The van der Waals surface area contributed by atoms with Crippen LogP contribution in [-0.4, -0.2) is 34.1 Å². The van der Waals surface area contributed by atoms with E-state index in [4.69, 9.17) is 10.2 Å². The van der Waals surface area contributed by atoms with E-state index in [-0.39, 0.29) is 0 Å². The van der Waals surface area contributed by atoms with Crippen LogP contribution in [0.3, 0.4) is 0 Å². The molecule has 5 nitrogen and oxygen atoms in total. The van der Waals surface area contributed by atoms with Crippen LogP contribution in [0.2, 0.25) is 0 Å². The molecular weight excluding hydrogens is 147 g/mol. The van der Waals surface area contributed by atoms with Gasteiger partial charge in [0.15, 0.2) is 0 Å². The van der Waals surface area contributed by atoms with Crippen LogP contribution in [0, 0.1) is 0 Å². The number of hydrogen-bond acceptors (Lipinski definition) is 3. The maximum absolute atomic E-state index is 11.8. The minimum atomic E-state index is -2.96. The first kappa shape index (κ1) is 8.54. The molecule has 0 aromatic carbocycles. The molecule has 0 aliphatic rings. The number of carbonyl (C=O) groups excluding carboxylic acids is 1. The number of alkyl halides is 1. The zero-order valence-electron chi connectivity index (χ0n) is 4.57. The highest BCUT2D eigenvalue weighted by molar-refractivity contribution is 6.38. The summed E-state index contributed by atoms with van der Waals surface area (Å²) in [7, 11) is 0. The monoisotopic (exact) mass is 150 g/mol. The molecule has 0 rings (SSSR count). The third-order valence-corrected chi connectivity index (χ3v) is 0.658. The van der Waals surface area contributed by atoms with Gasteiger partial charge in [0.1, 0.15) is 0 Å². The van der Waals surface area contributed by atoms with Crippen LogP contribution in [-0.2, 0) is 14.4 Å². The van der Waals surface area contributed by atoms with E-state index in [0.717, 1.165) is 0 Å². The highest BCUT2D eigenvalue weighted by atomic mass is 19.1. The Labute approximate surface area is 54.1 Å². The Bertz CT molecular complexity index is 186. The van der Waals surface area contributed by atoms with Crippen molar-refractivity contribution in [3.63, 3.8) is 0 Å². The van der Waals surface area contributed by atoms with Gasteiger partial charge in [0.05, 0.1) is 0 Å². The summed E-state index contributed by atoms with van der Waals surface area (Å²) in [5, 5.41) is 15.5. The second-order valence-electron chi connectivity index (χ2n) is 1.37. The van der Waals surface area contributed by atoms with E-state index in [1.54, 1.807) is 0 Å². The standard InChI is InChI=1S/C4H3FO5/c5-1(3(7)8)2(6)4(9)10/h1H,(H,7,8)(H,9,10). The molecule has 6 heteroatoms. The van der Waals surface area contributed by atoms with Gasteiger partial charge in [-0.3, -0.25) is 4.79 Å². The van der Waals surface area contributed by atoms with Gasteiger partial charge in [0.25, 0.3) is 12.0 Å². The Balaban J connectivity index is 4.22. The van der Waals surface area contributed by atoms with Gasteiger partial charge in [0, 0.05) is 0 Å². The molecule has 0 heterocycles. The molecule has 56 valence electrons. The van der Waals surface area contributed by atoms with Gasteiger partial charge in [0.2, 0.25) is 0 Å². The van der Waals surface area contributed by atoms with Crippen LogP contribution in [0.5, 0.6) is 0 Å². The molecule has 0 saturated heterocycles. The van der Waals surface area contributed by atoms with Crippen molar-refractivity contribution in [3.05, 3.63) is 0 Å². The molecule has 10 heavy (non-hydrogen) atoms. The zero-order valence-corrected chi connectivity index (χ0v) is 4.57. The first-order chi connectivity index (χ1) is 4.46. The van der Waals surface area contributed by atoms with Gasteiger partial charge in [-0.05, 0) is 0 Å². The van der Waals surface area contributed by atoms with Gasteiger partial charge in [-0.25, -0.2) is 14.0 Å². The third-order valence-electron chi connectivity index (χ3n) is 0.658. The first-order valence-electron chi connectivity index (χ1n) is 2.11. The van der Waals surface area contributed by atoms with E-state index in [1.807, 2.05) is 0 Å². The SMILES string of the molecule is O=C(O)C(=O)C(F)C(=O)O. The van der Waals surface area contributed by atoms with E-state index >= 15 is 0 Å². The second kappa shape index (κ2) is 2.90. The molecule has 1 atom stereocenters. The normalized spacial score (nSPS) is 12.1. The lowest BCUT2D eigenvalue weighted by atomic mass is 10.2. The summed E-state index contributed by atoms with van der Waals surface area (Å²) in [5.74, 6) is -6.14. The zero-order chi connectivity index (χ0) is 8.31. The maximum atomic E-state index is 11.8. The van der Waals surface area contributed by atoms with E-state index in [9.17, 15) is 18.8 Å². The number of rotatable bonds is 3. The van der Waals surface area contributed by atoms with Crippen LogP contribution in [0.15, 0.2) is 0 Å². The number of hydrogen-bond donors (Lipinski definition) is 2. The van der Waals surface area contributed by atoms with Crippen LogP contribution >= 0.6 is 0 Å². The van der Waals surface area contributed by atoms with Crippen molar-refractivity contribution in [2.45, 2.75) is 6.17 Å². The molecule has 0 aliphatic carbocycles. The average Bonchev–Trinajstić information content (AvgIpc) is 1.84. The van der Waals surface area contributed by atoms with Crippen LogP contribution < -0.4 is 0 Å². The Morgan fingerprint density at radius 2 is 1.60 bits per heavy atom. The Hall–Kier alpha value is -1.46. The Morgan fingerprint density at radius 1 is 1.20 bits per heavy atom. The molecule has 0 aromatic heterocycles. The van der Waals surface area contributed by atoms with E-state index in [1.165, 1.54) is 0 Å². The lowest BCUT2D eigenvalue weighted by Crippen LogP contribution is -2.31. The minimum Gasteiger partial charge on any atom is -0.479 e. The van der Waals surface area contributed by atoms with Gasteiger partial charge >= 0.3 is 11.9 Å². The number of aliphatic carboxylic acids is 2. The summed E-state index contributed by atoms with van der Waals surface area (Å²) in [4.78, 5) is 29.1. The molecule has 0 fully saturated rings. The second-order valence-corrected chi connectivity index (χ2v) is 1.37. The average molecular weight is 150 g/mol. The van der Waals surface area contributed by atoms with Crippen LogP contribution in [0.4, 0.5) is 4.39 Å². The molecule has 0 saturated carbocycles. The van der Waals surface area contributed by atoms with E-state index < -0.39 is 23.9 Å². The lowest BCUT2D eigenvalue weighted by molar-refractivity contribution is -0.157. The van der Waals surface area contributed by atoms with Crippen molar-refractivity contribution in [2.24, 2.45) is 0 Å². The number of Topliss-reactive ketones (excluding diaryl/α,β-unsaturated/α-hetero) is 1. The van der Waals surface area contributed by atoms with E-state index in [0.29, 0.717) is 0 Å². The van der Waals surface area contributed by atoms with Gasteiger partial charge in [-0.15, -0.1) is 0 Å². The predicted molar refractivity (Wildman–Crippen MR) is 25.2 cm³/mol. The summed E-state index contributed by atoms with van der Waals surface area (Å²) < 4.78 is 11.8. The molecule has 0 amide bonds. The van der Waals surface area contributed by atoms with Gasteiger partial charge in [-0.2, -0.15) is 0 Å². The van der Waals surface area contributed by atoms with Crippen molar-refractivity contribution < 1.29 is 29.0 Å². The summed E-state index contributed by atoms with van der Waals surface area (Å²) in [6, 6.07) is 0. The van der Waals surface area contributed by atoms with Crippen LogP contribution in [0.25, 0.3) is 0 Å². The van der Waals surface area contributed by atoms with Crippen molar-refractivity contribution in [1.82, 2.24) is 0 Å². The van der Waals surface area contributed by atoms with Crippen molar-refractivity contribution in [3.8, 4) is 0 Å². The topological polar surface area (TPSA) is 91.7 Å². The Kier molecular flexibility index (Phi) is 2.48.